The number of hydrogen-bond acceptors (Lipinski definition) is 1. The number of furan rings is 1. The first-order chi connectivity index (χ1) is 22.6. The van der Waals surface area contributed by atoms with E-state index in [4.69, 9.17) is 4.42 Å². The van der Waals surface area contributed by atoms with Gasteiger partial charge >= 0.3 is 0 Å². The second kappa shape index (κ2) is 9.19. The Morgan fingerprint density at radius 1 is 0.370 bits per heavy atom. The van der Waals surface area contributed by atoms with Crippen molar-refractivity contribution in [2.75, 3.05) is 0 Å². The van der Waals surface area contributed by atoms with Crippen LogP contribution in [0.15, 0.2) is 150 Å². The Morgan fingerprint density at radius 3 is 1.61 bits per heavy atom. The van der Waals surface area contributed by atoms with Crippen molar-refractivity contribution >= 4 is 54.3 Å². The van der Waals surface area contributed by atoms with Crippen molar-refractivity contribution in [3.63, 3.8) is 0 Å². The van der Waals surface area contributed by atoms with Gasteiger partial charge in [0.25, 0.3) is 0 Å². The molecule has 1 heterocycles. The summed E-state index contributed by atoms with van der Waals surface area (Å²) in [5.41, 5.74) is 12.1. The zero-order valence-corrected chi connectivity index (χ0v) is 25.8. The molecule has 46 heavy (non-hydrogen) atoms. The molecule has 0 spiro atoms. The van der Waals surface area contributed by atoms with Crippen molar-refractivity contribution in [2.24, 2.45) is 0 Å². The average molecular weight is 587 g/mol. The largest absolute Gasteiger partial charge is 0.455 e. The maximum atomic E-state index is 6.60. The van der Waals surface area contributed by atoms with Crippen LogP contribution in [0.2, 0.25) is 0 Å². The summed E-state index contributed by atoms with van der Waals surface area (Å²) in [5.74, 6) is 0. The van der Waals surface area contributed by atoms with Crippen LogP contribution in [0.4, 0.5) is 0 Å². The number of rotatable bonds is 2. The second-order valence-electron chi connectivity index (χ2n) is 13.2. The van der Waals surface area contributed by atoms with E-state index in [0.29, 0.717) is 0 Å². The zero-order chi connectivity index (χ0) is 30.6. The van der Waals surface area contributed by atoms with Crippen LogP contribution in [0, 0.1) is 0 Å². The van der Waals surface area contributed by atoms with Crippen LogP contribution in [0.3, 0.4) is 0 Å². The van der Waals surface area contributed by atoms with E-state index in [1.165, 1.54) is 71.3 Å². The van der Waals surface area contributed by atoms with Gasteiger partial charge in [-0.25, -0.2) is 0 Å². The van der Waals surface area contributed by atoms with Gasteiger partial charge < -0.3 is 4.42 Å². The highest BCUT2D eigenvalue weighted by Crippen LogP contribution is 2.52. The van der Waals surface area contributed by atoms with Gasteiger partial charge in [-0.15, -0.1) is 0 Å². The Morgan fingerprint density at radius 2 is 0.870 bits per heavy atom. The number of para-hydroxylation sites is 2. The van der Waals surface area contributed by atoms with E-state index in [9.17, 15) is 0 Å². The second-order valence-corrected chi connectivity index (χ2v) is 13.2. The lowest BCUT2D eigenvalue weighted by Gasteiger charge is -2.35. The van der Waals surface area contributed by atoms with Gasteiger partial charge in [0.2, 0.25) is 0 Å². The van der Waals surface area contributed by atoms with Crippen LogP contribution in [-0.2, 0) is 5.41 Å². The summed E-state index contributed by atoms with van der Waals surface area (Å²) in [6, 6.07) is 53.4. The quantitative estimate of drug-likeness (QED) is 0.184. The van der Waals surface area contributed by atoms with Gasteiger partial charge in [0.1, 0.15) is 11.2 Å². The molecule has 0 fully saturated rings. The lowest BCUT2D eigenvalue weighted by Crippen LogP contribution is -2.23. The molecule has 0 N–H and O–H groups in total. The van der Waals surface area contributed by atoms with Crippen LogP contribution in [0.25, 0.3) is 87.6 Å². The molecule has 0 saturated carbocycles. The van der Waals surface area contributed by atoms with Crippen LogP contribution >= 0.6 is 0 Å². The summed E-state index contributed by atoms with van der Waals surface area (Å²) in [7, 11) is 0. The highest BCUT2D eigenvalue weighted by molar-refractivity contribution is 6.26. The molecule has 0 amide bonds. The van der Waals surface area contributed by atoms with E-state index in [-0.39, 0.29) is 5.41 Å². The van der Waals surface area contributed by atoms with Gasteiger partial charge in [-0.2, -0.15) is 0 Å². The van der Waals surface area contributed by atoms with Crippen molar-refractivity contribution in [3.05, 3.63) is 157 Å². The number of fused-ring (bicyclic) bond motifs is 7. The number of benzene rings is 8. The minimum atomic E-state index is -0.0962. The summed E-state index contributed by atoms with van der Waals surface area (Å²) >= 11 is 0. The monoisotopic (exact) mass is 586 g/mol. The van der Waals surface area contributed by atoms with Crippen molar-refractivity contribution in [2.45, 2.75) is 19.3 Å². The average Bonchev–Trinajstić information content (AvgIpc) is 3.49. The Bertz CT molecular complexity index is 2660. The van der Waals surface area contributed by atoms with Gasteiger partial charge in [0.15, 0.2) is 0 Å². The summed E-state index contributed by atoms with van der Waals surface area (Å²) in [6.07, 6.45) is 0. The molecule has 0 bridgehead atoms. The molecular weight excluding hydrogens is 556 g/mol. The summed E-state index contributed by atoms with van der Waals surface area (Å²) in [6.45, 7) is 4.74. The van der Waals surface area contributed by atoms with Gasteiger partial charge in [0, 0.05) is 27.3 Å². The SMILES string of the molecule is CC1(C)c2ccccc2-c2ccc(-c3c4ccccc4c(-c4cccc5c4oc4ccccc45)c4ccccc34)c3cccc1c23. The van der Waals surface area contributed by atoms with Gasteiger partial charge in [0.05, 0.1) is 0 Å². The van der Waals surface area contributed by atoms with Crippen molar-refractivity contribution in [1.29, 1.82) is 0 Å². The lowest BCUT2D eigenvalue weighted by molar-refractivity contribution is 0.645. The first-order valence-corrected chi connectivity index (χ1v) is 16.1. The maximum absolute atomic E-state index is 6.60. The maximum Gasteiger partial charge on any atom is 0.143 e. The van der Waals surface area contributed by atoms with Crippen molar-refractivity contribution < 1.29 is 4.42 Å². The molecule has 1 aliphatic rings. The molecule has 216 valence electrons. The molecule has 8 aromatic carbocycles. The third-order valence-electron chi connectivity index (χ3n) is 10.5. The standard InChI is InChI=1S/C45H30O/c1-45(2)38-22-9-7-13-27(38)34-25-26-35(33-19-12-23-39(45)43(33)34)41-29-15-3-5-17-31(29)42(32-18-6-4-16-30(32)41)37-21-11-20-36-28-14-8-10-24-40(28)46-44(36)37/h3-26H,1-2H3. The van der Waals surface area contributed by atoms with E-state index in [1.807, 2.05) is 6.07 Å². The fraction of sp³-hybridized carbons (Fsp3) is 0.0667. The molecule has 0 unspecified atom stereocenters. The molecule has 1 aromatic heterocycles. The predicted octanol–water partition coefficient (Wildman–Crippen LogP) is 12.7. The fourth-order valence-electron chi connectivity index (χ4n) is 8.43. The normalized spacial score (nSPS) is 13.6. The van der Waals surface area contributed by atoms with Gasteiger partial charge in [-0.05, 0) is 71.8 Å². The Hall–Kier alpha value is -5.66. The highest BCUT2D eigenvalue weighted by atomic mass is 16.3. The summed E-state index contributed by atoms with van der Waals surface area (Å²) in [4.78, 5) is 0. The Kier molecular flexibility index (Phi) is 5.12. The minimum absolute atomic E-state index is 0.0962. The molecule has 0 aliphatic heterocycles. The highest BCUT2D eigenvalue weighted by Gasteiger charge is 2.34. The molecule has 0 saturated heterocycles. The summed E-state index contributed by atoms with van der Waals surface area (Å²) in [5, 5.41) is 9.94. The van der Waals surface area contributed by atoms with Crippen molar-refractivity contribution in [1.82, 2.24) is 0 Å². The molecule has 1 aliphatic carbocycles. The van der Waals surface area contributed by atoms with E-state index in [1.54, 1.807) is 0 Å². The first-order valence-electron chi connectivity index (χ1n) is 16.1. The Balaban J connectivity index is 1.34. The van der Waals surface area contributed by atoms with Crippen LogP contribution in [0.5, 0.6) is 0 Å². The van der Waals surface area contributed by atoms with E-state index in [0.717, 1.165) is 27.5 Å². The van der Waals surface area contributed by atoms with E-state index in [2.05, 4.69) is 153 Å². The molecule has 9 aromatic rings. The van der Waals surface area contributed by atoms with Gasteiger partial charge in [-0.1, -0.05) is 153 Å². The van der Waals surface area contributed by atoms with Crippen molar-refractivity contribution in [3.8, 4) is 33.4 Å². The molecule has 1 nitrogen and oxygen atoms in total. The van der Waals surface area contributed by atoms with Gasteiger partial charge in [-0.3, -0.25) is 0 Å². The van der Waals surface area contributed by atoms with Crippen LogP contribution in [0.1, 0.15) is 25.0 Å². The third-order valence-corrected chi connectivity index (χ3v) is 10.5. The van der Waals surface area contributed by atoms with E-state index >= 15 is 0 Å². The first kappa shape index (κ1) is 25.6. The number of hydrogen-bond donors (Lipinski definition) is 0. The molecule has 10 rings (SSSR count). The smallest absolute Gasteiger partial charge is 0.143 e. The predicted molar refractivity (Wildman–Crippen MR) is 195 cm³/mol. The molecular formula is C45H30O. The van der Waals surface area contributed by atoms with Crippen LogP contribution < -0.4 is 0 Å². The Labute approximate surface area is 267 Å². The van der Waals surface area contributed by atoms with Crippen LogP contribution in [-0.4, -0.2) is 0 Å². The lowest BCUT2D eigenvalue weighted by atomic mass is 9.68. The fourth-order valence-corrected chi connectivity index (χ4v) is 8.43. The topological polar surface area (TPSA) is 13.1 Å². The van der Waals surface area contributed by atoms with E-state index < -0.39 is 0 Å². The zero-order valence-electron chi connectivity index (χ0n) is 25.8. The third kappa shape index (κ3) is 3.30. The summed E-state index contributed by atoms with van der Waals surface area (Å²) < 4.78 is 6.60. The molecule has 0 radical (unpaired) electrons. The minimum Gasteiger partial charge on any atom is -0.455 e. The molecule has 0 atom stereocenters. The molecule has 1 heteroatoms.